The molecule has 154 valence electrons. The molecule has 2 heteroatoms. The van der Waals surface area contributed by atoms with E-state index in [1.807, 2.05) is 6.07 Å². The van der Waals surface area contributed by atoms with Crippen LogP contribution >= 0.6 is 0 Å². The highest BCUT2D eigenvalue weighted by Crippen LogP contribution is 2.37. The van der Waals surface area contributed by atoms with Gasteiger partial charge in [-0.25, -0.2) is 4.98 Å². The van der Waals surface area contributed by atoms with Crippen LogP contribution in [0.15, 0.2) is 115 Å². The van der Waals surface area contributed by atoms with Gasteiger partial charge in [-0.15, -0.1) is 0 Å². The van der Waals surface area contributed by atoms with Crippen molar-refractivity contribution in [3.8, 4) is 44.9 Å². The number of aromatic nitrogens is 2. The molecule has 0 unspecified atom stereocenters. The topological polar surface area (TPSA) is 16.8 Å². The molecule has 0 saturated carbocycles. The minimum absolute atomic E-state index is 0.961. The highest BCUT2D eigenvalue weighted by atomic mass is 15.0. The molecular formula is C30H25N2+. The predicted molar refractivity (Wildman–Crippen MR) is 132 cm³/mol. The van der Waals surface area contributed by atoms with Crippen molar-refractivity contribution in [2.45, 2.75) is 6.92 Å². The van der Waals surface area contributed by atoms with E-state index in [0.717, 1.165) is 28.2 Å². The van der Waals surface area contributed by atoms with Crippen molar-refractivity contribution in [2.75, 3.05) is 0 Å². The fourth-order valence-electron chi connectivity index (χ4n) is 4.27. The zero-order chi connectivity index (χ0) is 21.9. The smallest absolute Gasteiger partial charge is 0.234 e. The van der Waals surface area contributed by atoms with Crippen LogP contribution in [0.4, 0.5) is 0 Å². The Labute approximate surface area is 189 Å². The number of rotatable bonds is 4. The highest BCUT2D eigenvalue weighted by molar-refractivity contribution is 5.88. The van der Waals surface area contributed by atoms with E-state index in [1.54, 1.807) is 0 Å². The molecule has 32 heavy (non-hydrogen) atoms. The molecule has 2 nitrogen and oxygen atoms in total. The minimum atomic E-state index is 0.961. The van der Waals surface area contributed by atoms with Crippen LogP contribution in [0.2, 0.25) is 0 Å². The zero-order valence-corrected chi connectivity index (χ0v) is 18.4. The molecule has 0 atom stereocenters. The van der Waals surface area contributed by atoms with Crippen LogP contribution in [-0.2, 0) is 7.05 Å². The van der Waals surface area contributed by atoms with E-state index in [4.69, 9.17) is 4.98 Å². The molecule has 4 aromatic carbocycles. The summed E-state index contributed by atoms with van der Waals surface area (Å²) in [7, 11) is 2.12. The molecule has 0 amide bonds. The SMILES string of the molecule is Cc1ccccc1-c1c(-c2ccccc2-c2ccccc2)nc(-c2ccccc2)c[n+]1C. The zero-order valence-electron chi connectivity index (χ0n) is 18.4. The van der Waals surface area contributed by atoms with Gasteiger partial charge in [0.05, 0.1) is 5.56 Å². The number of benzene rings is 4. The lowest BCUT2D eigenvalue weighted by atomic mass is 9.93. The summed E-state index contributed by atoms with van der Waals surface area (Å²) >= 11 is 0. The number of hydrogen-bond acceptors (Lipinski definition) is 1. The Kier molecular flexibility index (Phi) is 5.35. The van der Waals surface area contributed by atoms with Gasteiger partial charge < -0.3 is 0 Å². The molecule has 0 radical (unpaired) electrons. The summed E-state index contributed by atoms with van der Waals surface area (Å²) in [5.41, 5.74) is 10.1. The van der Waals surface area contributed by atoms with Crippen LogP contribution in [0.5, 0.6) is 0 Å². The van der Waals surface area contributed by atoms with Crippen molar-refractivity contribution < 1.29 is 4.57 Å². The van der Waals surface area contributed by atoms with Gasteiger partial charge in [0.1, 0.15) is 18.4 Å². The lowest BCUT2D eigenvalue weighted by Gasteiger charge is -2.14. The van der Waals surface area contributed by atoms with Gasteiger partial charge in [-0.1, -0.05) is 103 Å². The third-order valence-corrected chi connectivity index (χ3v) is 5.86. The maximum Gasteiger partial charge on any atom is 0.239 e. The Morgan fingerprint density at radius 3 is 1.75 bits per heavy atom. The second-order valence-electron chi connectivity index (χ2n) is 8.03. The first kappa shape index (κ1) is 19.9. The van der Waals surface area contributed by atoms with Crippen LogP contribution in [0.1, 0.15) is 5.56 Å². The van der Waals surface area contributed by atoms with Gasteiger partial charge >= 0.3 is 0 Å². The number of hydrogen-bond donors (Lipinski definition) is 0. The Hall–Kier alpha value is -4.04. The summed E-state index contributed by atoms with van der Waals surface area (Å²) in [6, 6.07) is 38.0. The van der Waals surface area contributed by atoms with Crippen molar-refractivity contribution in [1.29, 1.82) is 0 Å². The normalized spacial score (nSPS) is 10.8. The summed E-state index contributed by atoms with van der Waals surface area (Å²) in [6.07, 6.45) is 2.13. The molecule has 0 fully saturated rings. The van der Waals surface area contributed by atoms with E-state index in [0.29, 0.717) is 0 Å². The Morgan fingerprint density at radius 2 is 1.09 bits per heavy atom. The number of aryl methyl sites for hydroxylation is 2. The first-order valence-corrected chi connectivity index (χ1v) is 10.9. The largest absolute Gasteiger partial charge is 0.239 e. The molecular weight excluding hydrogens is 388 g/mol. The molecule has 0 aliphatic heterocycles. The molecule has 0 saturated heterocycles. The third kappa shape index (κ3) is 3.72. The standard InChI is InChI=1S/C30H25N2/c1-22-13-9-10-18-25(22)30-29(31-28(21-32(30)2)24-16-7-4-8-17-24)27-20-12-11-19-26(27)23-14-5-3-6-15-23/h3-21H,1-2H3/q+1. The first-order valence-electron chi connectivity index (χ1n) is 10.9. The molecule has 0 aliphatic carbocycles. The average molecular weight is 414 g/mol. The van der Waals surface area contributed by atoms with Gasteiger partial charge in [0, 0.05) is 11.1 Å². The predicted octanol–water partition coefficient (Wildman–Crippen LogP) is 6.88. The fourth-order valence-corrected chi connectivity index (χ4v) is 4.27. The van der Waals surface area contributed by atoms with Crippen molar-refractivity contribution in [3.05, 3.63) is 121 Å². The van der Waals surface area contributed by atoms with Crippen LogP contribution in [0.25, 0.3) is 44.9 Å². The summed E-state index contributed by atoms with van der Waals surface area (Å²) in [6.45, 7) is 2.16. The van der Waals surface area contributed by atoms with Crippen LogP contribution < -0.4 is 4.57 Å². The van der Waals surface area contributed by atoms with Gasteiger partial charge in [0.2, 0.25) is 5.69 Å². The molecule has 0 N–H and O–H groups in total. The maximum absolute atomic E-state index is 5.26. The van der Waals surface area contributed by atoms with Gasteiger partial charge in [-0.05, 0) is 29.7 Å². The van der Waals surface area contributed by atoms with E-state index < -0.39 is 0 Å². The molecule has 1 aromatic heterocycles. The Morgan fingerprint density at radius 1 is 0.562 bits per heavy atom. The Bertz CT molecular complexity index is 1370. The van der Waals surface area contributed by atoms with E-state index in [2.05, 4.69) is 128 Å². The van der Waals surface area contributed by atoms with Crippen LogP contribution in [0, 0.1) is 6.92 Å². The summed E-state index contributed by atoms with van der Waals surface area (Å²) < 4.78 is 2.22. The van der Waals surface area contributed by atoms with Gasteiger partial charge in [-0.3, -0.25) is 0 Å². The van der Waals surface area contributed by atoms with Crippen molar-refractivity contribution >= 4 is 0 Å². The molecule has 1 heterocycles. The van der Waals surface area contributed by atoms with Gasteiger partial charge in [0.25, 0.3) is 0 Å². The second-order valence-corrected chi connectivity index (χ2v) is 8.03. The Balaban J connectivity index is 1.83. The highest BCUT2D eigenvalue weighted by Gasteiger charge is 2.24. The lowest BCUT2D eigenvalue weighted by Crippen LogP contribution is -2.32. The maximum atomic E-state index is 5.26. The van der Waals surface area contributed by atoms with Crippen LogP contribution in [0.3, 0.4) is 0 Å². The van der Waals surface area contributed by atoms with Crippen molar-refractivity contribution in [1.82, 2.24) is 4.98 Å². The summed E-state index contributed by atoms with van der Waals surface area (Å²) in [5.74, 6) is 0. The van der Waals surface area contributed by atoms with Gasteiger partial charge in [0.15, 0.2) is 6.20 Å². The number of nitrogens with zero attached hydrogens (tertiary/aromatic N) is 2. The lowest BCUT2D eigenvalue weighted by molar-refractivity contribution is -0.659. The minimum Gasteiger partial charge on any atom is -0.234 e. The molecule has 0 spiro atoms. The summed E-state index contributed by atoms with van der Waals surface area (Å²) in [4.78, 5) is 5.26. The second kappa shape index (κ2) is 8.60. The van der Waals surface area contributed by atoms with Crippen LogP contribution in [-0.4, -0.2) is 4.98 Å². The monoisotopic (exact) mass is 413 g/mol. The molecule has 0 aliphatic rings. The molecule has 5 aromatic rings. The van der Waals surface area contributed by atoms with Gasteiger partial charge in [-0.2, -0.15) is 4.57 Å². The van der Waals surface area contributed by atoms with E-state index >= 15 is 0 Å². The van der Waals surface area contributed by atoms with E-state index in [9.17, 15) is 0 Å². The fraction of sp³-hybridized carbons (Fsp3) is 0.0667. The molecule has 5 rings (SSSR count). The third-order valence-electron chi connectivity index (χ3n) is 5.86. The van der Waals surface area contributed by atoms with E-state index in [1.165, 1.54) is 22.3 Å². The summed E-state index contributed by atoms with van der Waals surface area (Å²) in [5, 5.41) is 0. The quantitative estimate of drug-likeness (QED) is 0.293. The molecule has 0 bridgehead atoms. The van der Waals surface area contributed by atoms with E-state index in [-0.39, 0.29) is 0 Å². The van der Waals surface area contributed by atoms with Crippen molar-refractivity contribution in [2.24, 2.45) is 7.05 Å². The first-order chi connectivity index (χ1) is 15.7. The van der Waals surface area contributed by atoms with Crippen molar-refractivity contribution in [3.63, 3.8) is 0 Å². The average Bonchev–Trinajstić information content (AvgIpc) is 2.85.